The number of methoxy groups -OCH3 is 1. The van der Waals surface area contributed by atoms with Gasteiger partial charge in [-0.15, -0.1) is 11.3 Å². The van der Waals surface area contributed by atoms with E-state index in [9.17, 15) is 0 Å². The largest absolute Gasteiger partial charge is 0.496 e. The van der Waals surface area contributed by atoms with Gasteiger partial charge in [-0.1, -0.05) is 12.8 Å². The molecule has 0 aliphatic heterocycles. The highest BCUT2D eigenvalue weighted by atomic mass is 32.1. The van der Waals surface area contributed by atoms with Crippen molar-refractivity contribution in [3.8, 4) is 5.75 Å². The topological polar surface area (TPSA) is 21.3 Å². The minimum absolute atomic E-state index is 0.529. The summed E-state index contributed by atoms with van der Waals surface area (Å²) in [7, 11) is 3.80. The summed E-state index contributed by atoms with van der Waals surface area (Å²) in [5.74, 6) is 1.81. The molecule has 0 aromatic carbocycles. The molecular weight excluding hydrogens is 206 g/mol. The van der Waals surface area contributed by atoms with Gasteiger partial charge in [0.05, 0.1) is 7.11 Å². The van der Waals surface area contributed by atoms with Gasteiger partial charge in [-0.2, -0.15) is 0 Å². The zero-order valence-corrected chi connectivity index (χ0v) is 10.3. The number of rotatable bonds is 4. The molecule has 2 nitrogen and oxygen atoms in total. The van der Waals surface area contributed by atoms with Crippen molar-refractivity contribution >= 4 is 11.3 Å². The predicted octanol–water partition coefficient (Wildman–Crippen LogP) is 3.21. The van der Waals surface area contributed by atoms with Gasteiger partial charge < -0.3 is 10.1 Å². The zero-order valence-electron chi connectivity index (χ0n) is 9.45. The van der Waals surface area contributed by atoms with E-state index < -0.39 is 0 Å². The number of hydrogen-bond donors (Lipinski definition) is 1. The predicted molar refractivity (Wildman–Crippen MR) is 64.6 cm³/mol. The van der Waals surface area contributed by atoms with Gasteiger partial charge in [-0.3, -0.25) is 0 Å². The van der Waals surface area contributed by atoms with Crippen LogP contribution in [0.2, 0.25) is 0 Å². The maximum absolute atomic E-state index is 5.23. The van der Waals surface area contributed by atoms with E-state index in [0.29, 0.717) is 6.04 Å². The third kappa shape index (κ3) is 2.34. The van der Waals surface area contributed by atoms with Gasteiger partial charge in [0.15, 0.2) is 0 Å². The standard InChI is InChI=1S/C12H19NOS/c1-13-12(9-5-3-4-6-9)11-7-10(14-2)8-15-11/h7-9,12-13H,3-6H2,1-2H3. The maximum atomic E-state index is 5.23. The first-order valence-electron chi connectivity index (χ1n) is 5.65. The fraction of sp³-hybridized carbons (Fsp3) is 0.667. The van der Waals surface area contributed by atoms with Crippen LogP contribution in [0.25, 0.3) is 0 Å². The summed E-state index contributed by atoms with van der Waals surface area (Å²) in [6.07, 6.45) is 5.52. The first-order chi connectivity index (χ1) is 7.35. The molecule has 1 saturated carbocycles. The Morgan fingerprint density at radius 2 is 2.20 bits per heavy atom. The Kier molecular flexibility index (Phi) is 3.65. The van der Waals surface area contributed by atoms with Gasteiger partial charge >= 0.3 is 0 Å². The van der Waals surface area contributed by atoms with E-state index in [0.717, 1.165) is 11.7 Å². The molecule has 1 fully saturated rings. The Bertz CT molecular complexity index is 304. The lowest BCUT2D eigenvalue weighted by Crippen LogP contribution is -2.22. The first-order valence-corrected chi connectivity index (χ1v) is 6.53. The van der Waals surface area contributed by atoms with Gasteiger partial charge in [-0.25, -0.2) is 0 Å². The van der Waals surface area contributed by atoms with Crippen LogP contribution < -0.4 is 10.1 Å². The highest BCUT2D eigenvalue weighted by Crippen LogP contribution is 2.38. The van der Waals surface area contributed by atoms with Gasteiger partial charge in [0, 0.05) is 16.3 Å². The van der Waals surface area contributed by atoms with Crippen molar-refractivity contribution in [1.82, 2.24) is 5.32 Å². The maximum Gasteiger partial charge on any atom is 0.129 e. The number of hydrogen-bond acceptors (Lipinski definition) is 3. The van der Waals surface area contributed by atoms with Crippen LogP contribution in [-0.4, -0.2) is 14.2 Å². The van der Waals surface area contributed by atoms with E-state index in [2.05, 4.69) is 23.8 Å². The van der Waals surface area contributed by atoms with Crippen molar-refractivity contribution in [1.29, 1.82) is 0 Å². The Morgan fingerprint density at radius 1 is 1.47 bits per heavy atom. The zero-order chi connectivity index (χ0) is 10.7. The van der Waals surface area contributed by atoms with Crippen LogP contribution in [0.15, 0.2) is 11.4 Å². The molecule has 1 aliphatic carbocycles. The third-order valence-electron chi connectivity index (χ3n) is 3.32. The quantitative estimate of drug-likeness (QED) is 0.849. The monoisotopic (exact) mass is 225 g/mol. The summed E-state index contributed by atoms with van der Waals surface area (Å²) in [5, 5.41) is 5.54. The minimum Gasteiger partial charge on any atom is -0.496 e. The minimum atomic E-state index is 0.529. The smallest absolute Gasteiger partial charge is 0.129 e. The summed E-state index contributed by atoms with van der Waals surface area (Å²) in [4.78, 5) is 1.42. The van der Waals surface area contributed by atoms with Crippen molar-refractivity contribution < 1.29 is 4.74 Å². The molecule has 15 heavy (non-hydrogen) atoms. The Morgan fingerprint density at radius 3 is 2.73 bits per heavy atom. The van der Waals surface area contributed by atoms with Crippen molar-refractivity contribution in [2.45, 2.75) is 31.7 Å². The Balaban J connectivity index is 2.10. The highest BCUT2D eigenvalue weighted by Gasteiger charge is 2.26. The number of nitrogens with one attached hydrogen (secondary N) is 1. The third-order valence-corrected chi connectivity index (χ3v) is 4.31. The summed E-state index contributed by atoms with van der Waals surface area (Å²) >= 11 is 1.81. The molecule has 0 bridgehead atoms. The van der Waals surface area contributed by atoms with Crippen LogP contribution in [-0.2, 0) is 0 Å². The molecule has 3 heteroatoms. The molecule has 0 amide bonds. The first kappa shape index (κ1) is 11.0. The van der Waals surface area contributed by atoms with E-state index in [1.807, 2.05) is 0 Å². The molecule has 1 heterocycles. The van der Waals surface area contributed by atoms with Crippen molar-refractivity contribution in [3.63, 3.8) is 0 Å². The molecule has 0 radical (unpaired) electrons. The molecular formula is C12H19NOS. The molecule has 1 aromatic rings. The Hall–Kier alpha value is -0.540. The van der Waals surface area contributed by atoms with Gasteiger partial charge in [0.25, 0.3) is 0 Å². The summed E-state index contributed by atoms with van der Waals surface area (Å²) in [6.45, 7) is 0. The second-order valence-electron chi connectivity index (χ2n) is 4.20. The molecule has 1 atom stereocenters. The van der Waals surface area contributed by atoms with Crippen molar-refractivity contribution in [2.75, 3.05) is 14.2 Å². The average Bonchev–Trinajstić information content (AvgIpc) is 2.89. The fourth-order valence-corrected chi connectivity index (χ4v) is 3.56. The van der Waals surface area contributed by atoms with E-state index >= 15 is 0 Å². The summed E-state index contributed by atoms with van der Waals surface area (Å²) in [6, 6.07) is 2.70. The summed E-state index contributed by atoms with van der Waals surface area (Å²) < 4.78 is 5.23. The lowest BCUT2D eigenvalue weighted by molar-refractivity contribution is 0.391. The molecule has 84 valence electrons. The molecule has 2 rings (SSSR count). The van der Waals surface area contributed by atoms with Crippen LogP contribution in [0.3, 0.4) is 0 Å². The van der Waals surface area contributed by atoms with Crippen LogP contribution in [0.5, 0.6) is 5.75 Å². The molecule has 0 spiro atoms. The molecule has 0 saturated heterocycles. The van der Waals surface area contributed by atoms with Gasteiger partial charge in [0.2, 0.25) is 0 Å². The van der Waals surface area contributed by atoms with E-state index in [1.54, 1.807) is 18.4 Å². The molecule has 1 aromatic heterocycles. The van der Waals surface area contributed by atoms with Crippen LogP contribution >= 0.6 is 11.3 Å². The SMILES string of the molecule is CNC(c1cc(OC)cs1)C1CCCC1. The number of ether oxygens (including phenoxy) is 1. The fourth-order valence-electron chi connectivity index (χ4n) is 2.51. The molecule has 1 aliphatic rings. The normalized spacial score (nSPS) is 19.3. The number of thiophene rings is 1. The van der Waals surface area contributed by atoms with Crippen molar-refractivity contribution in [2.24, 2.45) is 5.92 Å². The second-order valence-corrected chi connectivity index (χ2v) is 5.14. The van der Waals surface area contributed by atoms with Gasteiger partial charge in [0.1, 0.15) is 5.75 Å². The van der Waals surface area contributed by atoms with E-state index in [-0.39, 0.29) is 0 Å². The van der Waals surface area contributed by atoms with E-state index in [4.69, 9.17) is 4.74 Å². The van der Waals surface area contributed by atoms with Gasteiger partial charge in [-0.05, 0) is 31.9 Å². The average molecular weight is 225 g/mol. The summed E-state index contributed by atoms with van der Waals surface area (Å²) in [5.41, 5.74) is 0. The highest BCUT2D eigenvalue weighted by molar-refractivity contribution is 7.10. The molecule has 1 unspecified atom stereocenters. The van der Waals surface area contributed by atoms with Crippen LogP contribution in [0, 0.1) is 5.92 Å². The van der Waals surface area contributed by atoms with Crippen molar-refractivity contribution in [3.05, 3.63) is 16.3 Å². The second kappa shape index (κ2) is 4.99. The van der Waals surface area contributed by atoms with Crippen LogP contribution in [0.1, 0.15) is 36.6 Å². The lowest BCUT2D eigenvalue weighted by atomic mass is 9.97. The molecule has 1 N–H and O–H groups in total. The van der Waals surface area contributed by atoms with Crippen LogP contribution in [0.4, 0.5) is 0 Å². The van der Waals surface area contributed by atoms with E-state index in [1.165, 1.54) is 30.6 Å². The lowest BCUT2D eigenvalue weighted by Gasteiger charge is -2.21. The Labute approximate surface area is 95.6 Å².